The molecule has 0 unspecified atom stereocenters. The van der Waals surface area contributed by atoms with Crippen LogP contribution in [0.2, 0.25) is 10.0 Å². The molecule has 0 radical (unpaired) electrons. The largest absolute Gasteiger partial charge is 0.350 e. The molecule has 1 N–H and O–H groups in total. The summed E-state index contributed by atoms with van der Waals surface area (Å²) in [4.78, 5) is 41.4. The molecule has 0 aromatic heterocycles. The zero-order chi connectivity index (χ0) is 22.8. The third-order valence-electron chi connectivity index (χ3n) is 5.45. The predicted molar refractivity (Wildman–Crippen MR) is 126 cm³/mol. The Morgan fingerprint density at radius 2 is 1.59 bits per heavy atom. The summed E-state index contributed by atoms with van der Waals surface area (Å²) in [6.45, 7) is 1.47. The van der Waals surface area contributed by atoms with Gasteiger partial charge in [-0.2, -0.15) is 0 Å². The summed E-state index contributed by atoms with van der Waals surface area (Å²) in [5.41, 5.74) is 1.08. The molecule has 2 aromatic carbocycles. The molecular weight excluding hydrogens is 473 g/mol. The maximum atomic E-state index is 13.0. The molecular formula is C23H20Cl3N3O3. The normalized spacial score (nSPS) is 17.1. The second-order valence-electron chi connectivity index (χ2n) is 7.64. The number of hydrogen-bond donors (Lipinski definition) is 1. The van der Waals surface area contributed by atoms with Crippen LogP contribution in [0, 0.1) is 0 Å². The number of carbonyl (C=O) groups excluding carboxylic acids is 3. The van der Waals surface area contributed by atoms with Crippen LogP contribution >= 0.6 is 34.8 Å². The van der Waals surface area contributed by atoms with Gasteiger partial charge in [-0.05, 0) is 49.2 Å². The molecule has 0 bridgehead atoms. The Labute approximate surface area is 200 Å². The van der Waals surface area contributed by atoms with Crippen LogP contribution in [0.5, 0.6) is 0 Å². The maximum Gasteiger partial charge on any atom is 0.283 e. The van der Waals surface area contributed by atoms with Gasteiger partial charge in [0.25, 0.3) is 17.7 Å². The molecule has 0 atom stereocenters. The molecule has 6 nitrogen and oxygen atoms in total. The highest BCUT2D eigenvalue weighted by Crippen LogP contribution is 2.35. The van der Waals surface area contributed by atoms with Gasteiger partial charge in [-0.1, -0.05) is 53.7 Å². The van der Waals surface area contributed by atoms with Crippen LogP contribution in [-0.2, 0) is 9.59 Å². The first-order valence-corrected chi connectivity index (χ1v) is 11.4. The van der Waals surface area contributed by atoms with Crippen molar-refractivity contribution in [2.75, 3.05) is 23.3 Å². The molecule has 166 valence electrons. The van der Waals surface area contributed by atoms with Crippen molar-refractivity contribution in [3.05, 3.63) is 68.8 Å². The van der Waals surface area contributed by atoms with E-state index in [1.165, 1.54) is 18.2 Å². The van der Waals surface area contributed by atoms with Crippen LogP contribution in [0.25, 0.3) is 0 Å². The lowest BCUT2D eigenvalue weighted by Crippen LogP contribution is -2.32. The first-order chi connectivity index (χ1) is 15.4. The number of amides is 3. The molecule has 0 aliphatic carbocycles. The Morgan fingerprint density at radius 1 is 0.875 bits per heavy atom. The minimum atomic E-state index is -0.694. The highest BCUT2D eigenvalue weighted by molar-refractivity contribution is 6.53. The van der Waals surface area contributed by atoms with Gasteiger partial charge >= 0.3 is 0 Å². The molecule has 2 heterocycles. The van der Waals surface area contributed by atoms with Crippen molar-refractivity contribution < 1.29 is 14.4 Å². The second kappa shape index (κ2) is 9.53. The third kappa shape index (κ3) is 4.49. The fraction of sp³-hybridized carbons (Fsp3) is 0.261. The summed E-state index contributed by atoms with van der Waals surface area (Å²) in [6.07, 6.45) is 4.24. The summed E-state index contributed by atoms with van der Waals surface area (Å²) in [7, 11) is 0. The molecule has 2 aliphatic rings. The summed E-state index contributed by atoms with van der Waals surface area (Å²) in [5, 5.41) is 3.17. The lowest BCUT2D eigenvalue weighted by molar-refractivity contribution is -0.120. The molecule has 9 heteroatoms. The molecule has 2 aliphatic heterocycles. The SMILES string of the molecule is O=C(c1cccc(NC2=C(Cl)C(=O)N(c3ccc(Cl)cc3Cl)C2=O)c1)N1CCCCCC1. The van der Waals surface area contributed by atoms with E-state index in [2.05, 4.69) is 5.32 Å². The van der Waals surface area contributed by atoms with E-state index >= 15 is 0 Å². The van der Waals surface area contributed by atoms with Crippen molar-refractivity contribution in [2.45, 2.75) is 25.7 Å². The third-order valence-corrected chi connectivity index (χ3v) is 6.34. The van der Waals surface area contributed by atoms with Crippen LogP contribution in [0.1, 0.15) is 36.0 Å². The number of anilines is 2. The molecule has 0 spiro atoms. The van der Waals surface area contributed by atoms with E-state index in [9.17, 15) is 14.4 Å². The summed E-state index contributed by atoms with van der Waals surface area (Å²) in [5.74, 6) is -1.40. The Bertz CT molecular complexity index is 1120. The zero-order valence-corrected chi connectivity index (χ0v) is 19.3. The number of benzene rings is 2. The first kappa shape index (κ1) is 22.6. The van der Waals surface area contributed by atoms with Gasteiger partial charge < -0.3 is 10.2 Å². The van der Waals surface area contributed by atoms with E-state index in [0.717, 1.165) is 43.7 Å². The fourth-order valence-electron chi connectivity index (χ4n) is 3.82. The number of nitrogens with one attached hydrogen (secondary N) is 1. The van der Waals surface area contributed by atoms with Crippen molar-refractivity contribution in [1.29, 1.82) is 0 Å². The Balaban J connectivity index is 1.56. The summed E-state index contributed by atoms with van der Waals surface area (Å²) in [6, 6.07) is 11.3. The molecule has 2 aromatic rings. The number of carbonyl (C=O) groups is 3. The molecule has 4 rings (SSSR count). The smallest absolute Gasteiger partial charge is 0.283 e. The van der Waals surface area contributed by atoms with Gasteiger partial charge in [-0.15, -0.1) is 0 Å². The highest BCUT2D eigenvalue weighted by atomic mass is 35.5. The Hall–Kier alpha value is -2.54. The monoisotopic (exact) mass is 491 g/mol. The van der Waals surface area contributed by atoms with Crippen LogP contribution in [0.4, 0.5) is 11.4 Å². The van der Waals surface area contributed by atoms with E-state index < -0.39 is 11.8 Å². The van der Waals surface area contributed by atoms with Gasteiger partial charge in [0.2, 0.25) is 0 Å². The second-order valence-corrected chi connectivity index (χ2v) is 8.86. The zero-order valence-electron chi connectivity index (χ0n) is 17.0. The Kier molecular flexibility index (Phi) is 6.74. The standard InChI is InChI=1S/C23H20Cl3N3O3/c24-15-8-9-18(17(25)13-15)29-22(31)19(26)20(23(29)32)27-16-7-5-6-14(12-16)21(30)28-10-3-1-2-4-11-28/h5-9,12-13,27H,1-4,10-11H2. The lowest BCUT2D eigenvalue weighted by Gasteiger charge is -2.20. The minimum absolute atomic E-state index is 0.0565. The van der Waals surface area contributed by atoms with Gasteiger partial charge in [0.1, 0.15) is 10.7 Å². The van der Waals surface area contributed by atoms with E-state index in [1.54, 1.807) is 24.3 Å². The van der Waals surface area contributed by atoms with Crippen LogP contribution < -0.4 is 10.2 Å². The van der Waals surface area contributed by atoms with Gasteiger partial charge in [-0.25, -0.2) is 4.90 Å². The van der Waals surface area contributed by atoms with E-state index in [0.29, 0.717) is 16.3 Å². The maximum absolute atomic E-state index is 13.0. The van der Waals surface area contributed by atoms with Gasteiger partial charge in [0.05, 0.1) is 10.7 Å². The van der Waals surface area contributed by atoms with Crippen molar-refractivity contribution in [2.24, 2.45) is 0 Å². The van der Waals surface area contributed by atoms with Crippen LogP contribution in [0.3, 0.4) is 0 Å². The molecule has 0 saturated carbocycles. The predicted octanol–water partition coefficient (Wildman–Crippen LogP) is 5.45. The summed E-state index contributed by atoms with van der Waals surface area (Å²) < 4.78 is 0. The number of nitrogens with zero attached hydrogens (tertiary/aromatic N) is 2. The first-order valence-electron chi connectivity index (χ1n) is 10.3. The van der Waals surface area contributed by atoms with Gasteiger partial charge in [0, 0.05) is 29.4 Å². The van der Waals surface area contributed by atoms with Crippen molar-refractivity contribution >= 4 is 63.9 Å². The average Bonchev–Trinajstić information content (AvgIpc) is 2.98. The van der Waals surface area contributed by atoms with Crippen molar-refractivity contribution in [3.63, 3.8) is 0 Å². The number of halogens is 3. The summed E-state index contributed by atoms with van der Waals surface area (Å²) >= 11 is 18.3. The Morgan fingerprint density at radius 3 is 2.28 bits per heavy atom. The number of hydrogen-bond acceptors (Lipinski definition) is 4. The van der Waals surface area contributed by atoms with Gasteiger partial charge in [0.15, 0.2) is 0 Å². The van der Waals surface area contributed by atoms with E-state index in [4.69, 9.17) is 34.8 Å². The molecule has 3 amide bonds. The topological polar surface area (TPSA) is 69.7 Å². The minimum Gasteiger partial charge on any atom is -0.350 e. The van der Waals surface area contributed by atoms with Crippen molar-refractivity contribution in [1.82, 2.24) is 4.90 Å². The number of imide groups is 1. The fourth-order valence-corrected chi connectivity index (χ4v) is 4.53. The number of likely N-dealkylation sites (tertiary alicyclic amines) is 1. The van der Waals surface area contributed by atoms with Crippen molar-refractivity contribution in [3.8, 4) is 0 Å². The van der Waals surface area contributed by atoms with Crippen LogP contribution in [0.15, 0.2) is 53.2 Å². The van der Waals surface area contributed by atoms with E-state index in [-0.39, 0.29) is 27.3 Å². The lowest BCUT2D eigenvalue weighted by atomic mass is 10.1. The molecule has 1 saturated heterocycles. The number of rotatable bonds is 4. The highest BCUT2D eigenvalue weighted by Gasteiger charge is 2.40. The molecule has 1 fully saturated rings. The molecule has 32 heavy (non-hydrogen) atoms. The van der Waals surface area contributed by atoms with Crippen LogP contribution in [-0.4, -0.2) is 35.7 Å². The quantitative estimate of drug-likeness (QED) is 0.577. The van der Waals surface area contributed by atoms with Gasteiger partial charge in [-0.3, -0.25) is 14.4 Å². The average molecular weight is 493 g/mol. The van der Waals surface area contributed by atoms with E-state index in [1.807, 2.05) is 4.90 Å².